The lowest BCUT2D eigenvalue weighted by Crippen LogP contribution is -2.34. The smallest absolute Gasteiger partial charge is 0.263 e. The van der Waals surface area contributed by atoms with Gasteiger partial charge >= 0.3 is 0 Å². The molecular weight excluding hydrogens is 426 g/mol. The highest BCUT2D eigenvalue weighted by Gasteiger charge is 2.24. The third kappa shape index (κ3) is 3.20. The van der Waals surface area contributed by atoms with Crippen LogP contribution in [0.25, 0.3) is 21.0 Å². The van der Waals surface area contributed by atoms with Gasteiger partial charge in [0, 0.05) is 44.4 Å². The highest BCUT2D eigenvalue weighted by atomic mass is 35.5. The number of carbonyl (C=O) groups excluding carboxylic acids is 1. The second-order valence-corrected chi connectivity index (χ2v) is 7.66. The van der Waals surface area contributed by atoms with Crippen molar-refractivity contribution in [1.82, 2.24) is 20.3 Å². The predicted octanol–water partition coefficient (Wildman–Crippen LogP) is 3.72. The fraction of sp³-hybridized carbons (Fsp3) is 0.200. The molecule has 0 radical (unpaired) electrons. The van der Waals surface area contributed by atoms with Crippen molar-refractivity contribution in [2.75, 3.05) is 11.8 Å². The van der Waals surface area contributed by atoms with Crippen molar-refractivity contribution in [2.45, 2.75) is 19.5 Å². The molecular formula is C20H16ClN5O3S. The van der Waals surface area contributed by atoms with E-state index in [1.165, 1.54) is 12.3 Å². The lowest BCUT2D eigenvalue weighted by molar-refractivity contribution is 0.0949. The number of hydrogen-bond donors (Lipinski definition) is 3. The van der Waals surface area contributed by atoms with Gasteiger partial charge in [0.05, 0.1) is 27.5 Å². The summed E-state index contributed by atoms with van der Waals surface area (Å²) in [5, 5.41) is 15.0. The molecule has 1 atom stereocenters. The number of nitrogens with one attached hydrogen (secondary N) is 2. The summed E-state index contributed by atoms with van der Waals surface area (Å²) >= 11 is 6.86. The van der Waals surface area contributed by atoms with Crippen molar-refractivity contribution in [3.05, 3.63) is 46.2 Å². The minimum atomic E-state index is -3.16. The lowest BCUT2D eigenvalue weighted by atomic mass is 10.1. The molecule has 4 heterocycles. The van der Waals surface area contributed by atoms with E-state index >= 15 is 0 Å². The van der Waals surface area contributed by atoms with Crippen LogP contribution in [0.5, 0.6) is 11.8 Å². The minimum Gasteiger partial charge on any atom is -0.420 e. The molecule has 1 aliphatic heterocycles. The quantitative estimate of drug-likeness (QED) is 0.410. The maximum absolute atomic E-state index is 13.0. The first kappa shape index (κ1) is 13.3. The number of amides is 1. The highest BCUT2D eigenvalue weighted by molar-refractivity contribution is 7.21. The van der Waals surface area contributed by atoms with Crippen LogP contribution in [0, 0.1) is 0 Å². The Morgan fingerprint density at radius 2 is 2.33 bits per heavy atom. The van der Waals surface area contributed by atoms with Gasteiger partial charge in [0.1, 0.15) is 4.88 Å². The molecule has 4 aromatic rings. The molecule has 1 aromatic carbocycles. The monoisotopic (exact) mass is 447 g/mol. The SMILES string of the molecule is [2H]C([2H])([2H])C1([2H])NC(=O)c2sc3ccc4nc(Oc5nc(Cl)ncc5CO)ccc4c3c2NC1([2H])[2H]. The van der Waals surface area contributed by atoms with Gasteiger partial charge in [-0.25, -0.2) is 9.97 Å². The summed E-state index contributed by atoms with van der Waals surface area (Å²) in [6, 6.07) is 3.60. The Morgan fingerprint density at radius 3 is 3.17 bits per heavy atom. The number of aromatic nitrogens is 3. The molecule has 0 spiro atoms. The van der Waals surface area contributed by atoms with Crippen LogP contribution in [0.15, 0.2) is 30.5 Å². The number of hydrogen-bond acceptors (Lipinski definition) is 8. The van der Waals surface area contributed by atoms with Crippen molar-refractivity contribution in [1.29, 1.82) is 0 Å². The van der Waals surface area contributed by atoms with E-state index in [2.05, 4.69) is 25.6 Å². The molecule has 10 heteroatoms. The standard InChI is InChI=1S/C20H16ClN5O3S/c1-9-6-22-16-15-11-2-5-14(29-19-10(8-27)7-23-20(21)26-19)25-12(11)3-4-13(15)30-17(16)18(28)24-9/h2-5,7,9,22,27H,6,8H2,1H3,(H,24,28)/i1D3,6D2,9D. The van der Waals surface area contributed by atoms with Gasteiger partial charge in [-0.05, 0) is 36.7 Å². The molecule has 0 saturated carbocycles. The second-order valence-electron chi connectivity index (χ2n) is 6.27. The van der Waals surface area contributed by atoms with Crippen molar-refractivity contribution in [2.24, 2.45) is 0 Å². The van der Waals surface area contributed by atoms with Gasteiger partial charge in [-0.3, -0.25) is 4.79 Å². The number of benzene rings is 1. The molecule has 1 unspecified atom stereocenters. The Morgan fingerprint density at radius 1 is 1.43 bits per heavy atom. The summed E-state index contributed by atoms with van der Waals surface area (Å²) in [4.78, 5) is 25.2. The fourth-order valence-corrected chi connectivity index (χ4v) is 4.31. The van der Waals surface area contributed by atoms with Gasteiger partial charge in [-0.1, -0.05) is 0 Å². The molecule has 1 aliphatic rings. The minimum absolute atomic E-state index is 0.0258. The Labute approximate surface area is 188 Å². The molecule has 30 heavy (non-hydrogen) atoms. The topological polar surface area (TPSA) is 109 Å². The third-order valence-electron chi connectivity index (χ3n) is 4.42. The Balaban J connectivity index is 1.63. The van der Waals surface area contributed by atoms with E-state index in [-0.39, 0.29) is 34.2 Å². The summed E-state index contributed by atoms with van der Waals surface area (Å²) < 4.78 is 54.4. The molecule has 0 aliphatic carbocycles. The normalized spacial score (nSPS) is 23.6. The zero-order chi connectivity index (χ0) is 26.0. The van der Waals surface area contributed by atoms with Crippen molar-refractivity contribution >= 4 is 55.5 Å². The average molecular weight is 448 g/mol. The number of halogens is 1. The molecule has 0 saturated heterocycles. The van der Waals surface area contributed by atoms with E-state index in [0.29, 0.717) is 26.6 Å². The number of aliphatic hydroxyl groups is 1. The first-order chi connectivity index (χ1) is 16.8. The molecule has 1 amide bonds. The number of carbonyl (C=O) groups is 1. The molecule has 3 N–H and O–H groups in total. The van der Waals surface area contributed by atoms with Crippen LogP contribution in [0.4, 0.5) is 5.69 Å². The third-order valence-corrected chi connectivity index (χ3v) is 5.76. The second kappa shape index (κ2) is 7.35. The van der Waals surface area contributed by atoms with E-state index in [0.717, 1.165) is 11.3 Å². The Kier molecular flexibility index (Phi) is 3.26. The number of ether oxygens (including phenoxy) is 1. The average Bonchev–Trinajstić information content (AvgIpc) is 3.13. The van der Waals surface area contributed by atoms with E-state index in [1.54, 1.807) is 18.2 Å². The largest absolute Gasteiger partial charge is 0.420 e. The van der Waals surface area contributed by atoms with E-state index in [1.807, 2.05) is 0 Å². The van der Waals surface area contributed by atoms with Gasteiger partial charge in [-0.15, -0.1) is 11.3 Å². The molecule has 3 aromatic heterocycles. The van der Waals surface area contributed by atoms with E-state index in [9.17, 15) is 9.90 Å². The zero-order valence-electron chi connectivity index (χ0n) is 21.0. The van der Waals surface area contributed by atoms with E-state index < -0.39 is 25.3 Å². The molecule has 0 bridgehead atoms. The van der Waals surface area contributed by atoms with Gasteiger partial charge < -0.3 is 20.5 Å². The number of aliphatic hydroxyl groups excluding tert-OH is 1. The molecule has 5 rings (SSSR count). The number of anilines is 1. The van der Waals surface area contributed by atoms with Crippen molar-refractivity contribution in [3.8, 4) is 11.8 Å². The van der Waals surface area contributed by atoms with Gasteiger partial charge in [-0.2, -0.15) is 4.98 Å². The summed E-state index contributed by atoms with van der Waals surface area (Å²) in [6.07, 6.45) is 1.33. The molecule has 152 valence electrons. The number of nitrogens with zero attached hydrogens (tertiary/aromatic N) is 3. The first-order valence-corrected chi connectivity index (χ1v) is 9.81. The number of fused-ring (bicyclic) bond motifs is 5. The Bertz CT molecular complexity index is 1550. The number of rotatable bonds is 3. The van der Waals surface area contributed by atoms with Crippen LogP contribution >= 0.6 is 22.9 Å². The summed E-state index contributed by atoms with van der Waals surface area (Å²) in [7, 11) is 0. The van der Waals surface area contributed by atoms with Crippen molar-refractivity contribution in [3.63, 3.8) is 0 Å². The zero-order valence-corrected chi connectivity index (χ0v) is 16.6. The van der Waals surface area contributed by atoms with Crippen LogP contribution in [-0.2, 0) is 6.61 Å². The van der Waals surface area contributed by atoms with Crippen LogP contribution in [0.3, 0.4) is 0 Å². The summed E-state index contributed by atoms with van der Waals surface area (Å²) in [6.45, 7) is -6.39. The maximum atomic E-state index is 13.0. The number of pyridine rings is 1. The van der Waals surface area contributed by atoms with Crippen LogP contribution < -0.4 is 15.4 Å². The van der Waals surface area contributed by atoms with Crippen LogP contribution in [0.1, 0.15) is 30.3 Å². The van der Waals surface area contributed by atoms with Crippen molar-refractivity contribution < 1.29 is 22.9 Å². The highest BCUT2D eigenvalue weighted by Crippen LogP contribution is 2.41. The van der Waals surface area contributed by atoms with Gasteiger partial charge in [0.15, 0.2) is 0 Å². The molecule has 8 nitrogen and oxygen atoms in total. The maximum Gasteiger partial charge on any atom is 0.263 e. The fourth-order valence-electron chi connectivity index (χ4n) is 3.11. The summed E-state index contributed by atoms with van der Waals surface area (Å²) in [5.41, 5.74) is 0.791. The van der Waals surface area contributed by atoms with Gasteiger partial charge in [0.25, 0.3) is 5.91 Å². The molecule has 0 fully saturated rings. The van der Waals surface area contributed by atoms with E-state index in [4.69, 9.17) is 24.6 Å². The lowest BCUT2D eigenvalue weighted by Gasteiger charge is -2.11. The van der Waals surface area contributed by atoms with Gasteiger partial charge in [0.2, 0.25) is 17.0 Å². The van der Waals surface area contributed by atoms with Crippen LogP contribution in [0.2, 0.25) is 5.28 Å². The number of thiophene rings is 1. The van der Waals surface area contributed by atoms with Crippen LogP contribution in [-0.4, -0.2) is 38.5 Å². The summed E-state index contributed by atoms with van der Waals surface area (Å²) in [5.74, 6) is -0.719. The Hall–Kier alpha value is -3.01. The predicted molar refractivity (Wildman–Crippen MR) is 116 cm³/mol. The first-order valence-electron chi connectivity index (χ1n) is 11.6.